The molecule has 1 aliphatic rings. The number of hydrogen-bond donors (Lipinski definition) is 2. The van der Waals surface area contributed by atoms with Crippen molar-refractivity contribution < 1.29 is 4.79 Å². The number of thioether (sulfide) groups is 1. The molecule has 1 aliphatic heterocycles. The average molecular weight is 276 g/mol. The molecule has 1 heterocycles. The van der Waals surface area contributed by atoms with Crippen LogP contribution in [0.3, 0.4) is 0 Å². The minimum absolute atomic E-state index is 0.0769. The summed E-state index contributed by atoms with van der Waals surface area (Å²) in [6, 6.07) is 8.25. The first-order valence-corrected chi connectivity index (χ1v) is 6.93. The van der Waals surface area contributed by atoms with Crippen molar-refractivity contribution in [3.63, 3.8) is 0 Å². The van der Waals surface area contributed by atoms with E-state index in [0.29, 0.717) is 11.6 Å². The van der Waals surface area contributed by atoms with E-state index >= 15 is 0 Å². The van der Waals surface area contributed by atoms with Crippen molar-refractivity contribution in [2.75, 3.05) is 0 Å². The molecule has 2 rings (SSSR count). The third-order valence-corrected chi connectivity index (χ3v) is 3.85. The van der Waals surface area contributed by atoms with Crippen LogP contribution in [-0.4, -0.2) is 22.3 Å². The number of nitrogens with two attached hydrogens (primary N) is 2. The molecule has 1 amide bonds. The number of nitrogens with zero attached hydrogens (tertiary/aromatic N) is 2. The fourth-order valence-electron chi connectivity index (χ4n) is 1.79. The zero-order valence-electron chi connectivity index (χ0n) is 10.7. The van der Waals surface area contributed by atoms with E-state index in [4.69, 9.17) is 11.5 Å². The number of amidine groups is 1. The van der Waals surface area contributed by atoms with Crippen molar-refractivity contribution in [2.24, 2.45) is 21.5 Å². The van der Waals surface area contributed by atoms with Crippen LogP contribution in [0, 0.1) is 0 Å². The maximum Gasteiger partial charge on any atom is 0.262 e. The smallest absolute Gasteiger partial charge is 0.262 e. The first-order valence-electron chi connectivity index (χ1n) is 6.05. The molecule has 0 saturated heterocycles. The van der Waals surface area contributed by atoms with Crippen LogP contribution in [0.15, 0.2) is 34.3 Å². The van der Waals surface area contributed by atoms with E-state index in [9.17, 15) is 4.79 Å². The second-order valence-corrected chi connectivity index (χ2v) is 5.42. The summed E-state index contributed by atoms with van der Waals surface area (Å²) in [6.07, 6.45) is 1.65. The second-order valence-electron chi connectivity index (χ2n) is 4.25. The predicted molar refractivity (Wildman–Crippen MR) is 79.2 cm³/mol. The Morgan fingerprint density at radius 3 is 2.53 bits per heavy atom. The average Bonchev–Trinajstić information content (AvgIpc) is 2.69. The summed E-state index contributed by atoms with van der Waals surface area (Å²) in [7, 11) is 0. The third kappa shape index (κ3) is 3.57. The van der Waals surface area contributed by atoms with Gasteiger partial charge in [0.05, 0.1) is 5.25 Å². The van der Waals surface area contributed by atoms with Crippen LogP contribution in [-0.2, 0) is 17.6 Å². The molecule has 0 radical (unpaired) electrons. The number of hydrogen-bond acceptors (Lipinski definition) is 3. The Morgan fingerprint density at radius 2 is 1.95 bits per heavy atom. The van der Waals surface area contributed by atoms with Gasteiger partial charge in [-0.3, -0.25) is 4.79 Å². The van der Waals surface area contributed by atoms with Gasteiger partial charge in [-0.15, -0.1) is 0 Å². The molecule has 1 aromatic carbocycles. The van der Waals surface area contributed by atoms with Crippen molar-refractivity contribution >= 4 is 28.8 Å². The fraction of sp³-hybridized carbons (Fsp3) is 0.308. The van der Waals surface area contributed by atoms with Gasteiger partial charge < -0.3 is 11.5 Å². The van der Waals surface area contributed by atoms with Gasteiger partial charge in [0.25, 0.3) is 5.91 Å². The van der Waals surface area contributed by atoms with Gasteiger partial charge in [-0.2, -0.15) is 9.98 Å². The number of rotatable bonds is 3. The van der Waals surface area contributed by atoms with E-state index in [-0.39, 0.29) is 17.1 Å². The second kappa shape index (κ2) is 5.88. The largest absolute Gasteiger partial charge is 0.370 e. The molecule has 19 heavy (non-hydrogen) atoms. The van der Waals surface area contributed by atoms with Gasteiger partial charge in [0.15, 0.2) is 11.1 Å². The quantitative estimate of drug-likeness (QED) is 0.637. The SMILES string of the molecule is CCc1ccc(CC2SC(N=C(N)N)=NC2=O)cc1. The number of aliphatic imine (C=N–C) groups is 2. The Balaban J connectivity index is 2.01. The molecule has 1 atom stereocenters. The van der Waals surface area contributed by atoms with Gasteiger partial charge in [0, 0.05) is 0 Å². The molecule has 1 unspecified atom stereocenters. The van der Waals surface area contributed by atoms with Crippen molar-refractivity contribution in [2.45, 2.75) is 25.0 Å². The van der Waals surface area contributed by atoms with Gasteiger partial charge >= 0.3 is 0 Å². The third-order valence-electron chi connectivity index (χ3n) is 2.81. The first-order chi connectivity index (χ1) is 9.08. The standard InChI is InChI=1S/C13H16N4OS/c1-2-8-3-5-9(6-4-8)7-10-11(18)16-13(19-10)17-12(14)15/h3-6,10H,2,7H2,1H3,(H4,14,15,16,17,18). The molecule has 0 bridgehead atoms. The topological polar surface area (TPSA) is 93.8 Å². The Bertz CT molecular complexity index is 532. The summed E-state index contributed by atoms with van der Waals surface area (Å²) in [5.41, 5.74) is 12.9. The highest BCUT2D eigenvalue weighted by Crippen LogP contribution is 2.26. The number of carbonyl (C=O) groups is 1. The lowest BCUT2D eigenvalue weighted by molar-refractivity contribution is -0.117. The number of aryl methyl sites for hydroxylation is 1. The molecule has 6 heteroatoms. The highest BCUT2D eigenvalue weighted by Gasteiger charge is 2.28. The van der Waals surface area contributed by atoms with Crippen molar-refractivity contribution in [1.29, 1.82) is 0 Å². The molecular formula is C13H16N4OS. The van der Waals surface area contributed by atoms with E-state index in [1.54, 1.807) is 0 Å². The maximum absolute atomic E-state index is 11.7. The zero-order chi connectivity index (χ0) is 13.8. The summed E-state index contributed by atoms with van der Waals surface area (Å²) in [5, 5.41) is 0.116. The van der Waals surface area contributed by atoms with Crippen molar-refractivity contribution in [3.8, 4) is 0 Å². The number of guanidine groups is 1. The van der Waals surface area contributed by atoms with Crippen LogP contribution in [0.1, 0.15) is 18.1 Å². The molecule has 100 valence electrons. The van der Waals surface area contributed by atoms with Crippen LogP contribution >= 0.6 is 11.8 Å². The lowest BCUT2D eigenvalue weighted by Crippen LogP contribution is -2.23. The van der Waals surface area contributed by atoms with E-state index in [2.05, 4.69) is 29.0 Å². The molecule has 0 aliphatic carbocycles. The maximum atomic E-state index is 11.7. The molecular weight excluding hydrogens is 260 g/mol. The number of carbonyl (C=O) groups excluding carboxylic acids is 1. The van der Waals surface area contributed by atoms with Crippen LogP contribution in [0.5, 0.6) is 0 Å². The number of benzene rings is 1. The molecule has 0 saturated carbocycles. The zero-order valence-corrected chi connectivity index (χ0v) is 11.5. The monoisotopic (exact) mass is 276 g/mol. The normalized spacial score (nSPS) is 18.3. The van der Waals surface area contributed by atoms with Gasteiger partial charge in [-0.25, -0.2) is 0 Å². The summed E-state index contributed by atoms with van der Waals surface area (Å²) >= 11 is 1.30. The Morgan fingerprint density at radius 1 is 1.32 bits per heavy atom. The Hall–Kier alpha value is -1.82. The minimum atomic E-state index is -0.231. The lowest BCUT2D eigenvalue weighted by Gasteiger charge is -2.06. The van der Waals surface area contributed by atoms with Gasteiger partial charge in [0.1, 0.15) is 0 Å². The predicted octanol–water partition coefficient (Wildman–Crippen LogP) is 1.06. The van der Waals surface area contributed by atoms with E-state index in [1.807, 2.05) is 12.1 Å². The lowest BCUT2D eigenvalue weighted by atomic mass is 10.1. The highest BCUT2D eigenvalue weighted by atomic mass is 32.2. The van der Waals surface area contributed by atoms with Crippen molar-refractivity contribution in [1.82, 2.24) is 0 Å². The molecule has 4 N–H and O–H groups in total. The minimum Gasteiger partial charge on any atom is -0.370 e. The molecule has 0 fully saturated rings. The summed E-state index contributed by atoms with van der Waals surface area (Å²) in [4.78, 5) is 19.4. The first kappa shape index (κ1) is 13.6. The molecule has 5 nitrogen and oxygen atoms in total. The van der Waals surface area contributed by atoms with Gasteiger partial charge in [-0.1, -0.05) is 43.0 Å². The fourth-order valence-corrected chi connectivity index (χ4v) is 2.77. The molecule has 0 spiro atoms. The summed E-state index contributed by atoms with van der Waals surface area (Å²) < 4.78 is 0. The van der Waals surface area contributed by atoms with Gasteiger partial charge in [0.2, 0.25) is 0 Å². The van der Waals surface area contributed by atoms with E-state index in [1.165, 1.54) is 17.3 Å². The van der Waals surface area contributed by atoms with Crippen LogP contribution in [0.4, 0.5) is 0 Å². The molecule has 1 aromatic rings. The van der Waals surface area contributed by atoms with Crippen molar-refractivity contribution in [3.05, 3.63) is 35.4 Å². The van der Waals surface area contributed by atoms with Crippen LogP contribution < -0.4 is 11.5 Å². The van der Waals surface area contributed by atoms with Gasteiger partial charge in [-0.05, 0) is 24.0 Å². The Labute approximate surface area is 116 Å². The Kier molecular flexibility index (Phi) is 4.21. The van der Waals surface area contributed by atoms with Crippen LogP contribution in [0.25, 0.3) is 0 Å². The summed E-state index contributed by atoms with van der Waals surface area (Å²) in [6.45, 7) is 2.11. The molecule has 0 aromatic heterocycles. The van der Waals surface area contributed by atoms with E-state index < -0.39 is 0 Å². The number of amides is 1. The van der Waals surface area contributed by atoms with Crippen LogP contribution in [0.2, 0.25) is 0 Å². The van der Waals surface area contributed by atoms with E-state index in [0.717, 1.165) is 12.0 Å². The highest BCUT2D eigenvalue weighted by molar-refractivity contribution is 8.15. The summed E-state index contributed by atoms with van der Waals surface area (Å²) in [5.74, 6) is -0.253.